The van der Waals surface area contributed by atoms with Crippen molar-refractivity contribution in [1.29, 1.82) is 0 Å². The normalized spacial score (nSPS) is 21.8. The Hall–Kier alpha value is -0.730. The number of hydrogen-bond acceptors (Lipinski definition) is 2. The molecule has 92 valence electrons. The van der Waals surface area contributed by atoms with E-state index in [-0.39, 0.29) is 11.7 Å². The number of carbonyl (C=O) groups excluding carboxylic acids is 1. The highest BCUT2D eigenvalue weighted by atomic mass is 16.6. The van der Waals surface area contributed by atoms with Crippen LogP contribution in [-0.2, 0) is 4.74 Å². The lowest BCUT2D eigenvalue weighted by Crippen LogP contribution is -2.51. The van der Waals surface area contributed by atoms with E-state index in [1.807, 2.05) is 25.7 Å². The van der Waals surface area contributed by atoms with Crippen LogP contribution in [0.3, 0.4) is 0 Å². The van der Waals surface area contributed by atoms with Crippen molar-refractivity contribution < 1.29 is 9.53 Å². The summed E-state index contributed by atoms with van der Waals surface area (Å²) in [4.78, 5) is 13.5. The number of carbonyl (C=O) groups is 1. The molecule has 1 saturated heterocycles. The van der Waals surface area contributed by atoms with Crippen molar-refractivity contribution in [2.24, 2.45) is 11.8 Å². The lowest BCUT2D eigenvalue weighted by atomic mass is 9.94. The number of rotatable bonds is 3. The van der Waals surface area contributed by atoms with Crippen molar-refractivity contribution in [3.8, 4) is 0 Å². The highest BCUT2D eigenvalue weighted by Gasteiger charge is 2.34. The van der Waals surface area contributed by atoms with Crippen LogP contribution >= 0.6 is 0 Å². The van der Waals surface area contributed by atoms with Crippen LogP contribution in [0.4, 0.5) is 4.79 Å². The van der Waals surface area contributed by atoms with E-state index in [2.05, 4.69) is 0 Å². The molecule has 16 heavy (non-hydrogen) atoms. The van der Waals surface area contributed by atoms with Gasteiger partial charge in [0.1, 0.15) is 5.60 Å². The van der Waals surface area contributed by atoms with Gasteiger partial charge in [-0.05, 0) is 39.0 Å². The third kappa shape index (κ3) is 3.39. The smallest absolute Gasteiger partial charge is 0.410 e. The molecule has 0 N–H and O–H groups in total. The van der Waals surface area contributed by atoms with Crippen LogP contribution in [-0.4, -0.2) is 29.7 Å². The SMILES string of the molecule is CC(C)(C)OC(=O)N1CC(CCC2CC2)C1. The van der Waals surface area contributed by atoms with Gasteiger partial charge in [-0.25, -0.2) is 4.79 Å². The van der Waals surface area contributed by atoms with E-state index in [9.17, 15) is 4.79 Å². The first-order chi connectivity index (χ1) is 7.44. The molecule has 3 heteroatoms. The van der Waals surface area contributed by atoms with Gasteiger partial charge in [0.2, 0.25) is 0 Å². The van der Waals surface area contributed by atoms with Crippen LogP contribution < -0.4 is 0 Å². The topological polar surface area (TPSA) is 29.5 Å². The van der Waals surface area contributed by atoms with Crippen LogP contribution in [0.25, 0.3) is 0 Å². The number of amides is 1. The fourth-order valence-corrected chi connectivity index (χ4v) is 2.11. The van der Waals surface area contributed by atoms with Gasteiger partial charge < -0.3 is 9.64 Å². The molecule has 1 heterocycles. The van der Waals surface area contributed by atoms with E-state index in [4.69, 9.17) is 4.74 Å². The maximum atomic E-state index is 11.6. The molecule has 0 aromatic rings. The fourth-order valence-electron chi connectivity index (χ4n) is 2.11. The molecule has 2 aliphatic rings. The first kappa shape index (κ1) is 11.7. The van der Waals surface area contributed by atoms with Crippen molar-refractivity contribution >= 4 is 6.09 Å². The van der Waals surface area contributed by atoms with Crippen molar-refractivity contribution in [3.05, 3.63) is 0 Å². The first-order valence-electron chi connectivity index (χ1n) is 6.42. The molecule has 0 bridgehead atoms. The Balaban J connectivity index is 1.61. The minimum atomic E-state index is -0.365. The van der Waals surface area contributed by atoms with Gasteiger partial charge in [0, 0.05) is 13.1 Å². The predicted octanol–water partition coefficient (Wildman–Crippen LogP) is 3.04. The third-order valence-corrected chi connectivity index (χ3v) is 3.29. The summed E-state index contributed by atoms with van der Waals surface area (Å²) >= 11 is 0. The summed E-state index contributed by atoms with van der Waals surface area (Å²) in [6.45, 7) is 7.54. The molecule has 0 atom stereocenters. The minimum Gasteiger partial charge on any atom is -0.444 e. The van der Waals surface area contributed by atoms with E-state index < -0.39 is 0 Å². The number of ether oxygens (including phenoxy) is 1. The summed E-state index contributed by atoms with van der Waals surface area (Å²) < 4.78 is 5.31. The van der Waals surface area contributed by atoms with Crippen molar-refractivity contribution in [2.45, 2.75) is 52.1 Å². The van der Waals surface area contributed by atoms with Crippen LogP contribution in [0.2, 0.25) is 0 Å². The Kier molecular flexibility index (Phi) is 3.13. The summed E-state index contributed by atoms with van der Waals surface area (Å²) in [5.74, 6) is 1.74. The largest absolute Gasteiger partial charge is 0.444 e. The van der Waals surface area contributed by atoms with Gasteiger partial charge in [0.25, 0.3) is 0 Å². The van der Waals surface area contributed by atoms with E-state index in [0.29, 0.717) is 0 Å². The zero-order chi connectivity index (χ0) is 11.8. The Morgan fingerprint density at radius 2 is 1.75 bits per heavy atom. The van der Waals surface area contributed by atoms with E-state index >= 15 is 0 Å². The summed E-state index contributed by atoms with van der Waals surface area (Å²) in [6.07, 6.45) is 5.39. The maximum absolute atomic E-state index is 11.6. The molecule has 0 aromatic carbocycles. The monoisotopic (exact) mass is 225 g/mol. The van der Waals surface area contributed by atoms with Gasteiger partial charge in [-0.1, -0.05) is 19.3 Å². The lowest BCUT2D eigenvalue weighted by Gasteiger charge is -2.39. The molecule has 0 aromatic heterocycles. The summed E-state index contributed by atoms with van der Waals surface area (Å²) in [5.41, 5.74) is -0.365. The van der Waals surface area contributed by atoms with Gasteiger partial charge in [-0.2, -0.15) is 0 Å². The van der Waals surface area contributed by atoms with E-state index in [1.165, 1.54) is 25.7 Å². The van der Waals surface area contributed by atoms with Crippen molar-refractivity contribution in [3.63, 3.8) is 0 Å². The number of likely N-dealkylation sites (tertiary alicyclic amines) is 1. The van der Waals surface area contributed by atoms with Gasteiger partial charge in [-0.15, -0.1) is 0 Å². The standard InChI is InChI=1S/C13H23NO2/c1-13(2,3)16-12(15)14-8-11(9-14)7-6-10-4-5-10/h10-11H,4-9H2,1-3H3. The second-order valence-electron chi connectivity index (χ2n) is 6.27. The Bertz CT molecular complexity index is 260. The third-order valence-electron chi connectivity index (χ3n) is 3.29. The van der Waals surface area contributed by atoms with Gasteiger partial charge in [0.15, 0.2) is 0 Å². The highest BCUT2D eigenvalue weighted by molar-refractivity contribution is 5.69. The Morgan fingerprint density at radius 3 is 2.25 bits per heavy atom. The molecule has 1 aliphatic heterocycles. The van der Waals surface area contributed by atoms with Gasteiger partial charge in [-0.3, -0.25) is 0 Å². The molecule has 0 spiro atoms. The van der Waals surface area contributed by atoms with Crippen LogP contribution in [0, 0.1) is 11.8 Å². The molecule has 3 nitrogen and oxygen atoms in total. The average molecular weight is 225 g/mol. The first-order valence-corrected chi connectivity index (χ1v) is 6.42. The summed E-state index contributed by atoms with van der Waals surface area (Å²) in [5, 5.41) is 0. The predicted molar refractivity (Wildman–Crippen MR) is 63.3 cm³/mol. The number of nitrogens with zero attached hydrogens (tertiary/aromatic N) is 1. The number of hydrogen-bond donors (Lipinski definition) is 0. The molecule has 2 fully saturated rings. The zero-order valence-electron chi connectivity index (χ0n) is 10.7. The quantitative estimate of drug-likeness (QED) is 0.739. The molecule has 1 amide bonds. The van der Waals surface area contributed by atoms with Gasteiger partial charge in [0.05, 0.1) is 0 Å². The highest BCUT2D eigenvalue weighted by Crippen LogP contribution is 2.36. The van der Waals surface area contributed by atoms with Gasteiger partial charge >= 0.3 is 6.09 Å². The van der Waals surface area contributed by atoms with Crippen molar-refractivity contribution in [1.82, 2.24) is 4.90 Å². The van der Waals surface area contributed by atoms with Crippen LogP contribution in [0.1, 0.15) is 46.5 Å². The molecule has 2 rings (SSSR count). The summed E-state index contributed by atoms with van der Waals surface area (Å²) in [7, 11) is 0. The fraction of sp³-hybridized carbons (Fsp3) is 0.923. The molecule has 1 aliphatic carbocycles. The zero-order valence-corrected chi connectivity index (χ0v) is 10.7. The minimum absolute atomic E-state index is 0.143. The van der Waals surface area contributed by atoms with Crippen LogP contribution in [0.5, 0.6) is 0 Å². The molecule has 0 unspecified atom stereocenters. The Labute approximate surface area is 98.1 Å². The summed E-state index contributed by atoms with van der Waals surface area (Å²) in [6, 6.07) is 0. The maximum Gasteiger partial charge on any atom is 0.410 e. The Morgan fingerprint density at radius 1 is 1.19 bits per heavy atom. The average Bonchev–Trinajstić information content (AvgIpc) is 2.80. The van der Waals surface area contributed by atoms with E-state index in [1.54, 1.807) is 0 Å². The molecule has 0 radical (unpaired) electrons. The molecular formula is C13H23NO2. The molecule has 1 saturated carbocycles. The second kappa shape index (κ2) is 4.27. The molecular weight excluding hydrogens is 202 g/mol. The lowest BCUT2D eigenvalue weighted by molar-refractivity contribution is -0.00252. The van der Waals surface area contributed by atoms with Crippen LogP contribution in [0.15, 0.2) is 0 Å². The van der Waals surface area contributed by atoms with Crippen molar-refractivity contribution in [2.75, 3.05) is 13.1 Å². The second-order valence-corrected chi connectivity index (χ2v) is 6.27. The van der Waals surface area contributed by atoms with E-state index in [0.717, 1.165) is 24.9 Å².